The van der Waals surface area contributed by atoms with Crippen molar-refractivity contribution in [3.05, 3.63) is 48.4 Å². The van der Waals surface area contributed by atoms with Crippen molar-refractivity contribution in [1.29, 1.82) is 0 Å². The lowest BCUT2D eigenvalue weighted by Gasteiger charge is -1.97. The number of hydrogen-bond acceptors (Lipinski definition) is 1. The summed E-state index contributed by atoms with van der Waals surface area (Å²) in [6, 6.07) is 5.42. The lowest BCUT2D eigenvalue weighted by atomic mass is 10.1. The predicted octanol–water partition coefficient (Wildman–Crippen LogP) is 3.22. The van der Waals surface area contributed by atoms with Gasteiger partial charge in [-0.2, -0.15) is 0 Å². The topological polar surface area (TPSA) is 13.1 Å². The zero-order valence-electron chi connectivity index (χ0n) is 6.63. The normalized spacial score (nSPS) is 10.3. The Bertz CT molecular complexity index is 407. The minimum absolute atomic E-state index is 0.604. The lowest BCUT2D eigenvalue weighted by molar-refractivity contribution is 0.509. The van der Waals surface area contributed by atoms with Gasteiger partial charge in [0.2, 0.25) is 0 Å². The first kappa shape index (κ1) is 7.98. The first-order valence-corrected chi connectivity index (χ1v) is 3.75. The number of furan rings is 1. The highest BCUT2D eigenvalue weighted by Gasteiger charge is 2.04. The van der Waals surface area contributed by atoms with Crippen LogP contribution in [0.1, 0.15) is 0 Å². The van der Waals surface area contributed by atoms with Gasteiger partial charge in [0.1, 0.15) is 0 Å². The maximum atomic E-state index is 12.8. The maximum absolute atomic E-state index is 12.8. The molecule has 0 radical (unpaired) electrons. The monoisotopic (exact) mass is 180 g/mol. The van der Waals surface area contributed by atoms with Crippen molar-refractivity contribution in [2.45, 2.75) is 0 Å². The third-order valence-corrected chi connectivity index (χ3v) is 1.77. The van der Waals surface area contributed by atoms with Crippen molar-refractivity contribution in [1.82, 2.24) is 0 Å². The fourth-order valence-corrected chi connectivity index (χ4v) is 1.10. The lowest BCUT2D eigenvalue weighted by Crippen LogP contribution is -1.83. The van der Waals surface area contributed by atoms with Gasteiger partial charge in [-0.3, -0.25) is 0 Å². The Morgan fingerprint density at radius 3 is 2.38 bits per heavy atom. The van der Waals surface area contributed by atoms with Gasteiger partial charge in [0.25, 0.3) is 0 Å². The molecular weight excluding hydrogens is 174 g/mol. The maximum Gasteiger partial charge on any atom is 0.159 e. The van der Waals surface area contributed by atoms with E-state index in [0.717, 1.165) is 17.7 Å². The van der Waals surface area contributed by atoms with Gasteiger partial charge in [0.05, 0.1) is 12.5 Å². The molecule has 13 heavy (non-hydrogen) atoms. The second-order valence-corrected chi connectivity index (χ2v) is 2.64. The molecule has 0 bridgehead atoms. The van der Waals surface area contributed by atoms with E-state index in [1.54, 1.807) is 6.07 Å². The molecule has 1 nitrogen and oxygen atoms in total. The molecule has 0 saturated carbocycles. The van der Waals surface area contributed by atoms with Gasteiger partial charge in [-0.05, 0) is 23.8 Å². The second-order valence-electron chi connectivity index (χ2n) is 2.64. The van der Waals surface area contributed by atoms with Crippen molar-refractivity contribution in [3.8, 4) is 11.1 Å². The van der Waals surface area contributed by atoms with E-state index in [1.165, 1.54) is 18.6 Å². The van der Waals surface area contributed by atoms with Crippen LogP contribution in [0.3, 0.4) is 0 Å². The van der Waals surface area contributed by atoms with Crippen LogP contribution >= 0.6 is 0 Å². The third kappa shape index (κ3) is 1.45. The van der Waals surface area contributed by atoms with E-state index in [0.29, 0.717) is 5.56 Å². The van der Waals surface area contributed by atoms with Crippen LogP contribution in [-0.2, 0) is 0 Å². The fourth-order valence-electron chi connectivity index (χ4n) is 1.10. The highest BCUT2D eigenvalue weighted by molar-refractivity contribution is 5.61. The summed E-state index contributed by atoms with van der Waals surface area (Å²) in [5.74, 6) is -1.69. The van der Waals surface area contributed by atoms with Gasteiger partial charge in [-0.15, -0.1) is 0 Å². The largest absolute Gasteiger partial charge is 0.472 e. The summed E-state index contributed by atoms with van der Waals surface area (Å²) in [6.45, 7) is 0. The SMILES string of the molecule is Fc1ccc(-c2ccoc2)cc1F. The van der Waals surface area contributed by atoms with Gasteiger partial charge in [0, 0.05) is 5.56 Å². The minimum Gasteiger partial charge on any atom is -0.472 e. The molecule has 3 heteroatoms. The molecule has 2 aromatic rings. The van der Waals surface area contributed by atoms with E-state index in [9.17, 15) is 8.78 Å². The number of rotatable bonds is 1. The van der Waals surface area contributed by atoms with Gasteiger partial charge in [-0.25, -0.2) is 8.78 Å². The fraction of sp³-hybridized carbons (Fsp3) is 0. The Morgan fingerprint density at radius 2 is 1.77 bits per heavy atom. The average molecular weight is 180 g/mol. The van der Waals surface area contributed by atoms with Crippen LogP contribution < -0.4 is 0 Å². The van der Waals surface area contributed by atoms with Crippen LogP contribution in [0.15, 0.2) is 41.2 Å². The zero-order valence-corrected chi connectivity index (χ0v) is 6.63. The molecule has 1 aromatic heterocycles. The Kier molecular flexibility index (Phi) is 1.85. The molecule has 0 unspecified atom stereocenters. The molecule has 2 rings (SSSR count). The molecule has 0 atom stereocenters. The van der Waals surface area contributed by atoms with Crippen LogP contribution in [0.4, 0.5) is 8.78 Å². The summed E-state index contributed by atoms with van der Waals surface area (Å²) in [5.41, 5.74) is 1.34. The molecular formula is C10H6F2O. The van der Waals surface area contributed by atoms with E-state index < -0.39 is 11.6 Å². The van der Waals surface area contributed by atoms with E-state index >= 15 is 0 Å². The van der Waals surface area contributed by atoms with Crippen molar-refractivity contribution in [2.24, 2.45) is 0 Å². The number of halogens is 2. The average Bonchev–Trinajstić information content (AvgIpc) is 2.62. The highest BCUT2D eigenvalue weighted by Crippen LogP contribution is 2.21. The summed E-state index contributed by atoms with van der Waals surface area (Å²) >= 11 is 0. The Hall–Kier alpha value is -1.64. The number of hydrogen-bond donors (Lipinski definition) is 0. The van der Waals surface area contributed by atoms with Gasteiger partial charge in [0.15, 0.2) is 11.6 Å². The van der Waals surface area contributed by atoms with Crippen molar-refractivity contribution >= 4 is 0 Å². The van der Waals surface area contributed by atoms with Crippen molar-refractivity contribution in [2.75, 3.05) is 0 Å². The van der Waals surface area contributed by atoms with Gasteiger partial charge in [-0.1, -0.05) is 6.07 Å². The minimum atomic E-state index is -0.848. The molecule has 0 N–H and O–H groups in total. The molecule has 66 valence electrons. The molecule has 0 fully saturated rings. The third-order valence-electron chi connectivity index (χ3n) is 1.77. The molecule has 0 spiro atoms. The van der Waals surface area contributed by atoms with Crippen LogP contribution in [0, 0.1) is 11.6 Å². The standard InChI is InChI=1S/C10H6F2O/c11-9-2-1-7(5-10(9)12)8-3-4-13-6-8/h1-6H. The first-order valence-electron chi connectivity index (χ1n) is 3.75. The summed E-state index contributed by atoms with van der Waals surface area (Å²) < 4.78 is 30.1. The zero-order chi connectivity index (χ0) is 9.26. The van der Waals surface area contributed by atoms with Crippen LogP contribution in [-0.4, -0.2) is 0 Å². The number of benzene rings is 1. The van der Waals surface area contributed by atoms with Gasteiger partial charge >= 0.3 is 0 Å². The molecule has 0 aliphatic carbocycles. The molecule has 0 amide bonds. The van der Waals surface area contributed by atoms with Gasteiger partial charge < -0.3 is 4.42 Å². The van der Waals surface area contributed by atoms with E-state index in [1.807, 2.05) is 0 Å². The quantitative estimate of drug-likeness (QED) is 0.656. The van der Waals surface area contributed by atoms with E-state index in [2.05, 4.69) is 0 Å². The first-order chi connectivity index (χ1) is 6.27. The highest BCUT2D eigenvalue weighted by atomic mass is 19.2. The molecule has 1 aromatic carbocycles. The Balaban J connectivity index is 2.49. The van der Waals surface area contributed by atoms with Crippen LogP contribution in [0.25, 0.3) is 11.1 Å². The molecule has 0 aliphatic rings. The van der Waals surface area contributed by atoms with E-state index in [-0.39, 0.29) is 0 Å². The van der Waals surface area contributed by atoms with Crippen molar-refractivity contribution in [3.63, 3.8) is 0 Å². The van der Waals surface area contributed by atoms with Crippen LogP contribution in [0.5, 0.6) is 0 Å². The molecule has 0 saturated heterocycles. The summed E-state index contributed by atoms with van der Waals surface area (Å²) in [4.78, 5) is 0. The Labute approximate surface area is 73.6 Å². The Morgan fingerprint density at radius 1 is 0.923 bits per heavy atom. The van der Waals surface area contributed by atoms with E-state index in [4.69, 9.17) is 4.42 Å². The summed E-state index contributed by atoms with van der Waals surface area (Å²) in [5, 5.41) is 0. The smallest absolute Gasteiger partial charge is 0.159 e. The second kappa shape index (κ2) is 3.01. The predicted molar refractivity (Wildman–Crippen MR) is 44.1 cm³/mol. The summed E-state index contributed by atoms with van der Waals surface area (Å²) in [7, 11) is 0. The molecule has 0 aliphatic heterocycles. The van der Waals surface area contributed by atoms with Crippen molar-refractivity contribution < 1.29 is 13.2 Å². The molecule has 1 heterocycles. The van der Waals surface area contributed by atoms with Crippen LogP contribution in [0.2, 0.25) is 0 Å². The summed E-state index contributed by atoms with van der Waals surface area (Å²) in [6.07, 6.45) is 2.96.